The monoisotopic (exact) mass is 581 g/mol. The molecule has 36 heavy (non-hydrogen) atoms. The maximum Gasteiger partial charge on any atom is 0.293 e. The third-order valence-corrected chi connectivity index (χ3v) is 7.30. The molecule has 1 aliphatic rings. The van der Waals surface area contributed by atoms with Crippen molar-refractivity contribution in [3.8, 4) is 11.5 Å². The number of halogens is 4. The fourth-order valence-electron chi connectivity index (χ4n) is 3.42. The van der Waals surface area contributed by atoms with Crippen LogP contribution in [-0.4, -0.2) is 22.7 Å². The summed E-state index contributed by atoms with van der Waals surface area (Å²) in [5.74, 6) is 0.409. The van der Waals surface area contributed by atoms with E-state index in [1.807, 2.05) is 19.1 Å². The molecule has 1 fully saturated rings. The second-order valence-electron chi connectivity index (χ2n) is 7.69. The van der Waals surface area contributed by atoms with Crippen LogP contribution in [0.5, 0.6) is 11.5 Å². The fraction of sp³-hybridized carbons (Fsp3) is 0.154. The van der Waals surface area contributed by atoms with Gasteiger partial charge in [0.2, 0.25) is 0 Å². The van der Waals surface area contributed by atoms with Gasteiger partial charge in [0.05, 0.1) is 33.1 Å². The first-order valence-electron chi connectivity index (χ1n) is 10.8. The average Bonchev–Trinajstić information content (AvgIpc) is 3.09. The van der Waals surface area contributed by atoms with Crippen molar-refractivity contribution in [3.63, 3.8) is 0 Å². The molecular weight excluding hydrogens is 564 g/mol. The van der Waals surface area contributed by atoms with E-state index in [4.69, 9.17) is 55.9 Å². The summed E-state index contributed by atoms with van der Waals surface area (Å²) in [5, 5.41) is 1.33. The van der Waals surface area contributed by atoms with Gasteiger partial charge in [0.25, 0.3) is 11.1 Å². The smallest absolute Gasteiger partial charge is 0.293 e. The Morgan fingerprint density at radius 3 is 2.28 bits per heavy atom. The van der Waals surface area contributed by atoms with Gasteiger partial charge in [0, 0.05) is 5.02 Å². The summed E-state index contributed by atoms with van der Waals surface area (Å²) in [6.45, 7) is 2.58. The predicted octanol–water partition coefficient (Wildman–Crippen LogP) is 8.51. The van der Waals surface area contributed by atoms with Gasteiger partial charge >= 0.3 is 0 Å². The van der Waals surface area contributed by atoms with Crippen LogP contribution in [-0.2, 0) is 17.9 Å². The van der Waals surface area contributed by atoms with E-state index in [9.17, 15) is 9.59 Å². The molecule has 0 radical (unpaired) electrons. The van der Waals surface area contributed by atoms with Crippen molar-refractivity contribution in [2.75, 3.05) is 6.61 Å². The second-order valence-corrected chi connectivity index (χ2v) is 10.3. The summed E-state index contributed by atoms with van der Waals surface area (Å²) in [4.78, 5) is 27.0. The standard InChI is InChI=1S/C26H19Cl4NO4S/c1-2-34-22-11-17(10-21(30)24(22)35-14-15-3-6-18(27)7-4-15)12-23-25(32)31(26(33)36-23)13-16-5-8-19(28)20(29)9-16/h3-12H,2,13-14H2,1H3/b23-12-. The van der Waals surface area contributed by atoms with Crippen LogP contribution < -0.4 is 9.47 Å². The Labute approximate surface area is 232 Å². The van der Waals surface area contributed by atoms with Gasteiger partial charge in [-0.1, -0.05) is 64.6 Å². The van der Waals surface area contributed by atoms with Gasteiger partial charge < -0.3 is 9.47 Å². The van der Waals surface area contributed by atoms with Gasteiger partial charge in [-0.3, -0.25) is 14.5 Å². The van der Waals surface area contributed by atoms with Gasteiger partial charge in [0.15, 0.2) is 11.5 Å². The third-order valence-electron chi connectivity index (χ3n) is 5.12. The van der Waals surface area contributed by atoms with Crippen molar-refractivity contribution < 1.29 is 19.1 Å². The topological polar surface area (TPSA) is 55.8 Å². The number of hydrogen-bond acceptors (Lipinski definition) is 5. The number of ether oxygens (including phenoxy) is 2. The van der Waals surface area contributed by atoms with Crippen LogP contribution in [0.2, 0.25) is 20.1 Å². The minimum absolute atomic E-state index is 0.0846. The van der Waals surface area contributed by atoms with Gasteiger partial charge in [-0.2, -0.15) is 0 Å². The number of benzene rings is 3. The Kier molecular flexibility index (Phi) is 8.75. The molecule has 0 aromatic heterocycles. The van der Waals surface area contributed by atoms with E-state index in [1.165, 1.54) is 0 Å². The maximum atomic E-state index is 13.0. The molecule has 5 nitrogen and oxygen atoms in total. The molecule has 0 N–H and O–H groups in total. The highest BCUT2D eigenvalue weighted by atomic mass is 35.5. The first-order valence-corrected chi connectivity index (χ1v) is 13.1. The van der Waals surface area contributed by atoms with E-state index >= 15 is 0 Å². The summed E-state index contributed by atoms with van der Waals surface area (Å²) in [6, 6.07) is 15.6. The fourth-order valence-corrected chi connectivity index (χ4v) is 4.98. The van der Waals surface area contributed by atoms with Gasteiger partial charge in [-0.15, -0.1) is 0 Å². The van der Waals surface area contributed by atoms with Crippen molar-refractivity contribution >= 4 is 75.4 Å². The number of hydrogen-bond donors (Lipinski definition) is 0. The van der Waals surface area contributed by atoms with Crippen LogP contribution in [0.4, 0.5) is 4.79 Å². The predicted molar refractivity (Wildman–Crippen MR) is 146 cm³/mol. The first-order chi connectivity index (χ1) is 17.2. The lowest BCUT2D eigenvalue weighted by molar-refractivity contribution is -0.123. The molecule has 4 rings (SSSR count). The van der Waals surface area contributed by atoms with E-state index in [-0.39, 0.29) is 23.3 Å². The van der Waals surface area contributed by atoms with Crippen LogP contribution >= 0.6 is 58.2 Å². The average molecular weight is 583 g/mol. The van der Waals surface area contributed by atoms with Gasteiger partial charge in [-0.25, -0.2) is 0 Å². The van der Waals surface area contributed by atoms with Crippen molar-refractivity contribution in [2.45, 2.75) is 20.1 Å². The van der Waals surface area contributed by atoms with Crippen molar-refractivity contribution in [1.29, 1.82) is 0 Å². The van der Waals surface area contributed by atoms with E-state index < -0.39 is 5.91 Å². The molecule has 1 aliphatic heterocycles. The molecular formula is C26H19Cl4NO4S. The summed E-state index contributed by atoms with van der Waals surface area (Å²) >= 11 is 25.3. The zero-order chi connectivity index (χ0) is 25.8. The van der Waals surface area contributed by atoms with Gasteiger partial charge in [0.1, 0.15) is 6.61 Å². The number of rotatable bonds is 8. The molecule has 0 atom stereocenters. The lowest BCUT2D eigenvalue weighted by Gasteiger charge is -2.15. The Morgan fingerprint density at radius 1 is 0.861 bits per heavy atom. The third kappa shape index (κ3) is 6.31. The molecule has 186 valence electrons. The summed E-state index contributed by atoms with van der Waals surface area (Å²) < 4.78 is 11.7. The highest BCUT2D eigenvalue weighted by molar-refractivity contribution is 8.18. The Hall–Kier alpha value is -2.35. The molecule has 0 saturated carbocycles. The zero-order valence-corrected chi connectivity index (χ0v) is 22.7. The normalized spacial score (nSPS) is 14.6. The molecule has 0 unspecified atom stereocenters. The van der Waals surface area contributed by atoms with Crippen molar-refractivity contribution in [3.05, 3.63) is 96.3 Å². The lowest BCUT2D eigenvalue weighted by atomic mass is 10.1. The highest BCUT2D eigenvalue weighted by Gasteiger charge is 2.35. The first kappa shape index (κ1) is 26.7. The molecule has 0 aliphatic carbocycles. The molecule has 10 heteroatoms. The molecule has 0 bridgehead atoms. The molecule has 3 aromatic carbocycles. The number of carbonyl (C=O) groups is 2. The number of amides is 2. The van der Waals surface area contributed by atoms with Crippen LogP contribution in [0.25, 0.3) is 6.08 Å². The Morgan fingerprint density at radius 2 is 1.58 bits per heavy atom. The maximum absolute atomic E-state index is 13.0. The van der Waals surface area contributed by atoms with Crippen LogP contribution in [0.1, 0.15) is 23.6 Å². The van der Waals surface area contributed by atoms with E-state index in [0.29, 0.717) is 49.3 Å². The Bertz CT molecular complexity index is 1340. The molecule has 3 aromatic rings. The SMILES string of the molecule is CCOc1cc(/C=C2\SC(=O)N(Cc3ccc(Cl)c(Cl)c3)C2=O)cc(Cl)c1OCc1ccc(Cl)cc1. The molecule has 2 amide bonds. The van der Waals surface area contributed by atoms with Gasteiger partial charge in [-0.05, 0) is 77.9 Å². The summed E-state index contributed by atoms with van der Waals surface area (Å²) in [6.07, 6.45) is 1.61. The van der Waals surface area contributed by atoms with Crippen LogP contribution in [0, 0.1) is 0 Å². The minimum atomic E-state index is -0.409. The van der Waals surface area contributed by atoms with Crippen LogP contribution in [0.3, 0.4) is 0 Å². The lowest BCUT2D eigenvalue weighted by Crippen LogP contribution is -2.27. The van der Waals surface area contributed by atoms with E-state index in [1.54, 1.807) is 48.5 Å². The zero-order valence-electron chi connectivity index (χ0n) is 18.9. The summed E-state index contributed by atoms with van der Waals surface area (Å²) in [7, 11) is 0. The largest absolute Gasteiger partial charge is 0.490 e. The van der Waals surface area contributed by atoms with Crippen LogP contribution in [0.15, 0.2) is 59.5 Å². The molecule has 1 saturated heterocycles. The number of nitrogens with zero attached hydrogens (tertiary/aromatic N) is 1. The van der Waals surface area contributed by atoms with Crippen molar-refractivity contribution in [2.24, 2.45) is 0 Å². The number of thioether (sulfide) groups is 1. The quantitative estimate of drug-likeness (QED) is 0.249. The molecule has 1 heterocycles. The summed E-state index contributed by atoms with van der Waals surface area (Å²) in [5.41, 5.74) is 2.21. The van der Waals surface area contributed by atoms with E-state index in [2.05, 4.69) is 0 Å². The highest BCUT2D eigenvalue weighted by Crippen LogP contribution is 2.40. The van der Waals surface area contributed by atoms with E-state index in [0.717, 1.165) is 22.2 Å². The molecule has 0 spiro atoms. The minimum Gasteiger partial charge on any atom is -0.490 e. The number of carbonyl (C=O) groups excluding carboxylic acids is 2. The van der Waals surface area contributed by atoms with Crippen molar-refractivity contribution in [1.82, 2.24) is 4.90 Å². The second kappa shape index (κ2) is 11.8. The Balaban J connectivity index is 1.54. The number of imide groups is 1.